The van der Waals surface area contributed by atoms with Gasteiger partial charge in [-0.2, -0.15) is 0 Å². The summed E-state index contributed by atoms with van der Waals surface area (Å²) in [5, 5.41) is 0. The first-order valence-electron chi connectivity index (χ1n) is 4.87. The number of hydrogen-bond donors (Lipinski definition) is 1. The average Bonchev–Trinajstić information content (AvgIpc) is 2.13. The quantitative estimate of drug-likeness (QED) is 0.739. The molecule has 1 aliphatic carbocycles. The Bertz CT molecular complexity index is 292. The summed E-state index contributed by atoms with van der Waals surface area (Å²) in [5.74, 6) is 1.50. The van der Waals surface area contributed by atoms with Crippen molar-refractivity contribution in [1.29, 1.82) is 0 Å². The summed E-state index contributed by atoms with van der Waals surface area (Å²) in [4.78, 5) is 8.76. The van der Waals surface area contributed by atoms with Crippen molar-refractivity contribution in [2.24, 2.45) is 5.73 Å². The molecular weight excluding hydrogens is 162 g/mol. The smallest absolute Gasteiger partial charge is 0.131 e. The van der Waals surface area contributed by atoms with E-state index in [9.17, 15) is 0 Å². The van der Waals surface area contributed by atoms with Gasteiger partial charge in [-0.15, -0.1) is 0 Å². The zero-order valence-corrected chi connectivity index (χ0v) is 7.90. The molecule has 1 fully saturated rings. The fourth-order valence-corrected chi connectivity index (χ4v) is 1.68. The van der Waals surface area contributed by atoms with Crippen molar-refractivity contribution >= 4 is 0 Å². The Balaban J connectivity index is 2.12. The average molecular weight is 177 g/mol. The first kappa shape index (κ1) is 8.63. The van der Waals surface area contributed by atoms with E-state index >= 15 is 0 Å². The number of aryl methyl sites for hydroxylation is 1. The Hall–Kier alpha value is -0.960. The van der Waals surface area contributed by atoms with Crippen LogP contribution in [0.5, 0.6) is 0 Å². The molecule has 1 heterocycles. The van der Waals surface area contributed by atoms with Crippen molar-refractivity contribution in [2.45, 2.75) is 38.1 Å². The molecular formula is C10H15N3. The minimum atomic E-state index is 0.374. The third kappa shape index (κ3) is 1.70. The van der Waals surface area contributed by atoms with Gasteiger partial charge in [0.05, 0.1) is 0 Å². The summed E-state index contributed by atoms with van der Waals surface area (Å²) < 4.78 is 0. The van der Waals surface area contributed by atoms with Gasteiger partial charge in [0.25, 0.3) is 0 Å². The maximum atomic E-state index is 5.72. The van der Waals surface area contributed by atoms with Crippen LogP contribution in [0.4, 0.5) is 0 Å². The first-order valence-corrected chi connectivity index (χ1v) is 4.87. The molecule has 0 aliphatic heterocycles. The maximum Gasteiger partial charge on any atom is 0.131 e. The highest BCUT2D eigenvalue weighted by molar-refractivity contribution is 5.09. The second-order valence-electron chi connectivity index (χ2n) is 3.69. The van der Waals surface area contributed by atoms with Crippen LogP contribution in [0.25, 0.3) is 0 Å². The molecule has 0 atom stereocenters. The molecule has 3 heteroatoms. The van der Waals surface area contributed by atoms with Crippen molar-refractivity contribution in [3.63, 3.8) is 0 Å². The van der Waals surface area contributed by atoms with Gasteiger partial charge in [-0.3, -0.25) is 0 Å². The molecule has 1 aliphatic rings. The van der Waals surface area contributed by atoms with Crippen LogP contribution in [0, 0.1) is 0 Å². The molecule has 0 saturated heterocycles. The maximum absolute atomic E-state index is 5.72. The first-order chi connectivity index (χ1) is 6.29. The fraction of sp³-hybridized carbons (Fsp3) is 0.600. The normalized spacial score (nSPS) is 26.9. The summed E-state index contributed by atoms with van der Waals surface area (Å²) in [7, 11) is 0. The highest BCUT2D eigenvalue weighted by Gasteiger charge is 2.29. The zero-order valence-electron chi connectivity index (χ0n) is 7.90. The van der Waals surface area contributed by atoms with Gasteiger partial charge >= 0.3 is 0 Å². The van der Waals surface area contributed by atoms with Gasteiger partial charge in [0.15, 0.2) is 0 Å². The Labute approximate surface area is 78.4 Å². The third-order valence-electron chi connectivity index (χ3n) is 2.63. The molecule has 70 valence electrons. The summed E-state index contributed by atoms with van der Waals surface area (Å²) >= 11 is 0. The lowest BCUT2D eigenvalue weighted by atomic mass is 9.80. The number of rotatable bonds is 2. The lowest BCUT2D eigenvalue weighted by molar-refractivity contribution is 0.337. The van der Waals surface area contributed by atoms with E-state index < -0.39 is 0 Å². The molecule has 0 aromatic carbocycles. The molecule has 1 aromatic rings. The summed E-state index contributed by atoms with van der Waals surface area (Å²) in [6, 6.07) is 2.35. The number of nitrogens with zero attached hydrogens (tertiary/aromatic N) is 2. The van der Waals surface area contributed by atoms with E-state index in [1.165, 1.54) is 0 Å². The summed E-state index contributed by atoms with van der Waals surface area (Å²) in [6.45, 7) is 2.11. The number of aromatic nitrogens is 2. The van der Waals surface area contributed by atoms with Crippen LogP contribution in [0.3, 0.4) is 0 Å². The minimum Gasteiger partial charge on any atom is -0.328 e. The van der Waals surface area contributed by atoms with Crippen LogP contribution in [0.2, 0.25) is 0 Å². The molecule has 0 amide bonds. The summed E-state index contributed by atoms with van der Waals surface area (Å²) in [6.07, 6.45) is 4.93. The van der Waals surface area contributed by atoms with Gasteiger partial charge in [0.1, 0.15) is 5.82 Å². The Morgan fingerprint density at radius 2 is 2.31 bits per heavy atom. The van der Waals surface area contributed by atoms with E-state index in [0.29, 0.717) is 12.0 Å². The zero-order chi connectivity index (χ0) is 9.26. The Morgan fingerprint density at radius 1 is 1.54 bits per heavy atom. The van der Waals surface area contributed by atoms with Crippen LogP contribution in [-0.4, -0.2) is 16.0 Å². The number of hydrogen-bond acceptors (Lipinski definition) is 3. The second-order valence-corrected chi connectivity index (χ2v) is 3.69. The van der Waals surface area contributed by atoms with Gasteiger partial charge < -0.3 is 5.73 Å². The molecule has 3 nitrogen and oxygen atoms in total. The highest BCUT2D eigenvalue weighted by atomic mass is 14.9. The molecule has 0 spiro atoms. The molecule has 0 unspecified atom stereocenters. The third-order valence-corrected chi connectivity index (χ3v) is 2.63. The van der Waals surface area contributed by atoms with Gasteiger partial charge in [0, 0.05) is 23.9 Å². The van der Waals surface area contributed by atoms with Crippen LogP contribution in [0.1, 0.15) is 37.2 Å². The van der Waals surface area contributed by atoms with E-state index in [1.54, 1.807) is 0 Å². The molecule has 1 saturated carbocycles. The van der Waals surface area contributed by atoms with Gasteiger partial charge in [-0.25, -0.2) is 9.97 Å². The van der Waals surface area contributed by atoms with Crippen molar-refractivity contribution < 1.29 is 0 Å². The number of nitrogens with two attached hydrogens (primary N) is 1. The summed E-state index contributed by atoms with van der Waals surface area (Å²) in [5.41, 5.74) is 6.85. The lowest BCUT2D eigenvalue weighted by Crippen LogP contribution is -2.35. The Kier molecular flexibility index (Phi) is 2.27. The van der Waals surface area contributed by atoms with E-state index in [4.69, 9.17) is 5.73 Å². The van der Waals surface area contributed by atoms with Crippen LogP contribution in [0.15, 0.2) is 12.3 Å². The van der Waals surface area contributed by atoms with E-state index in [2.05, 4.69) is 16.9 Å². The van der Waals surface area contributed by atoms with Crippen LogP contribution >= 0.6 is 0 Å². The topological polar surface area (TPSA) is 51.8 Å². The van der Waals surface area contributed by atoms with Crippen molar-refractivity contribution in [3.05, 3.63) is 23.8 Å². The predicted molar refractivity (Wildman–Crippen MR) is 51.4 cm³/mol. The lowest BCUT2D eigenvalue weighted by Gasteiger charge is -2.31. The van der Waals surface area contributed by atoms with Crippen LogP contribution < -0.4 is 5.73 Å². The molecule has 2 rings (SSSR count). The molecule has 1 aromatic heterocycles. The van der Waals surface area contributed by atoms with Crippen molar-refractivity contribution in [3.8, 4) is 0 Å². The predicted octanol–water partition coefficient (Wildman–Crippen LogP) is 1.24. The van der Waals surface area contributed by atoms with Gasteiger partial charge in [0.2, 0.25) is 0 Å². The SMILES string of the molecule is CCc1ccnc(C2CC(N)C2)n1. The molecule has 2 N–H and O–H groups in total. The molecule has 0 radical (unpaired) electrons. The van der Waals surface area contributed by atoms with Crippen molar-refractivity contribution in [1.82, 2.24) is 9.97 Å². The minimum absolute atomic E-state index is 0.374. The molecule has 0 bridgehead atoms. The van der Waals surface area contributed by atoms with Gasteiger partial charge in [-0.05, 0) is 25.3 Å². The largest absolute Gasteiger partial charge is 0.328 e. The Morgan fingerprint density at radius 3 is 2.92 bits per heavy atom. The van der Waals surface area contributed by atoms with E-state index in [0.717, 1.165) is 30.8 Å². The fourth-order valence-electron chi connectivity index (χ4n) is 1.68. The van der Waals surface area contributed by atoms with E-state index in [-0.39, 0.29) is 0 Å². The second kappa shape index (κ2) is 3.42. The monoisotopic (exact) mass is 177 g/mol. The highest BCUT2D eigenvalue weighted by Crippen LogP contribution is 2.33. The van der Waals surface area contributed by atoms with Gasteiger partial charge in [-0.1, -0.05) is 6.92 Å². The molecule has 13 heavy (non-hydrogen) atoms. The van der Waals surface area contributed by atoms with E-state index in [1.807, 2.05) is 12.3 Å². The van der Waals surface area contributed by atoms with Crippen LogP contribution in [-0.2, 0) is 6.42 Å². The standard InChI is InChI=1S/C10H15N3/c1-2-9-3-4-12-10(13-9)7-5-8(11)6-7/h3-4,7-8H,2,5-6,11H2,1H3. The van der Waals surface area contributed by atoms with Crippen molar-refractivity contribution in [2.75, 3.05) is 0 Å².